The van der Waals surface area contributed by atoms with Gasteiger partial charge in [0.25, 0.3) is 5.91 Å². The van der Waals surface area contributed by atoms with E-state index in [-0.39, 0.29) is 17.2 Å². The van der Waals surface area contributed by atoms with Crippen LogP contribution in [0, 0.1) is 17.6 Å². The third kappa shape index (κ3) is 3.52. The molecule has 2 N–H and O–H groups in total. The number of hydrogen-bond donors (Lipinski definition) is 2. The highest BCUT2D eigenvalue weighted by Crippen LogP contribution is 2.32. The summed E-state index contributed by atoms with van der Waals surface area (Å²) in [6.07, 6.45) is 3.09. The summed E-state index contributed by atoms with van der Waals surface area (Å²) in [5, 5.41) is 12.2. The van der Waals surface area contributed by atoms with E-state index in [1.165, 1.54) is 0 Å². The molecule has 1 aromatic carbocycles. The SMILES string of the molecule is CC1CCC(CO)(NC(=O)c2cc(F)c(F)cc2Cl)CC1. The van der Waals surface area contributed by atoms with Gasteiger partial charge in [0.1, 0.15) is 0 Å². The fourth-order valence-corrected chi connectivity index (χ4v) is 2.88. The zero-order valence-corrected chi connectivity index (χ0v) is 12.5. The minimum atomic E-state index is -1.13. The van der Waals surface area contributed by atoms with Crippen molar-refractivity contribution in [3.63, 3.8) is 0 Å². The van der Waals surface area contributed by atoms with Crippen molar-refractivity contribution in [2.24, 2.45) is 5.92 Å². The van der Waals surface area contributed by atoms with Gasteiger partial charge in [-0.2, -0.15) is 0 Å². The van der Waals surface area contributed by atoms with E-state index in [9.17, 15) is 18.7 Å². The van der Waals surface area contributed by atoms with Crippen molar-refractivity contribution in [1.82, 2.24) is 5.32 Å². The van der Waals surface area contributed by atoms with E-state index >= 15 is 0 Å². The number of aliphatic hydroxyl groups excluding tert-OH is 1. The lowest BCUT2D eigenvalue weighted by molar-refractivity contribution is 0.0717. The Kier molecular flexibility index (Phi) is 4.84. The number of halogens is 3. The minimum Gasteiger partial charge on any atom is -0.394 e. The highest BCUT2D eigenvalue weighted by Gasteiger charge is 2.35. The van der Waals surface area contributed by atoms with Crippen molar-refractivity contribution in [2.75, 3.05) is 6.61 Å². The number of carbonyl (C=O) groups excluding carboxylic acids is 1. The highest BCUT2D eigenvalue weighted by molar-refractivity contribution is 6.33. The fraction of sp³-hybridized carbons (Fsp3) is 0.533. The summed E-state index contributed by atoms with van der Waals surface area (Å²) in [7, 11) is 0. The molecule has 0 aromatic heterocycles. The maximum atomic E-state index is 13.3. The van der Waals surface area contributed by atoms with E-state index < -0.39 is 23.1 Å². The molecule has 0 radical (unpaired) electrons. The number of nitrogens with one attached hydrogen (secondary N) is 1. The third-order valence-corrected chi connectivity index (χ3v) is 4.48. The maximum Gasteiger partial charge on any atom is 0.253 e. The first-order chi connectivity index (χ1) is 9.87. The lowest BCUT2D eigenvalue weighted by Gasteiger charge is -2.38. The number of amides is 1. The number of hydrogen-bond acceptors (Lipinski definition) is 2. The number of rotatable bonds is 3. The second kappa shape index (κ2) is 6.28. The molecule has 1 aliphatic rings. The van der Waals surface area contributed by atoms with Crippen molar-refractivity contribution in [3.8, 4) is 0 Å². The number of benzene rings is 1. The van der Waals surface area contributed by atoms with Gasteiger partial charge in [0.05, 0.1) is 22.7 Å². The van der Waals surface area contributed by atoms with Gasteiger partial charge in [0.15, 0.2) is 11.6 Å². The normalized spacial score (nSPS) is 25.7. The highest BCUT2D eigenvalue weighted by atomic mass is 35.5. The van der Waals surface area contributed by atoms with Crippen LogP contribution in [-0.2, 0) is 0 Å². The summed E-state index contributed by atoms with van der Waals surface area (Å²) in [6.45, 7) is 1.93. The summed E-state index contributed by atoms with van der Waals surface area (Å²) in [5.41, 5.74) is -0.834. The van der Waals surface area contributed by atoms with Crippen molar-refractivity contribution in [2.45, 2.75) is 38.1 Å². The third-order valence-electron chi connectivity index (χ3n) is 4.17. The van der Waals surface area contributed by atoms with E-state index in [0.29, 0.717) is 18.8 Å². The van der Waals surface area contributed by atoms with Gasteiger partial charge in [-0.1, -0.05) is 18.5 Å². The molecule has 1 aliphatic carbocycles. The molecule has 21 heavy (non-hydrogen) atoms. The molecule has 1 fully saturated rings. The summed E-state index contributed by atoms with van der Waals surface area (Å²) >= 11 is 5.80. The average molecular weight is 318 g/mol. The summed E-state index contributed by atoms with van der Waals surface area (Å²) < 4.78 is 26.3. The van der Waals surface area contributed by atoms with Gasteiger partial charge in [-0.25, -0.2) is 8.78 Å². The molecule has 0 atom stereocenters. The fourth-order valence-electron chi connectivity index (χ4n) is 2.64. The van der Waals surface area contributed by atoms with Crippen LogP contribution in [0.15, 0.2) is 12.1 Å². The van der Waals surface area contributed by atoms with Crippen molar-refractivity contribution < 1.29 is 18.7 Å². The quantitative estimate of drug-likeness (QED) is 0.840. The molecule has 0 spiro atoms. The van der Waals surface area contributed by atoms with Gasteiger partial charge < -0.3 is 10.4 Å². The second-order valence-corrected chi connectivity index (χ2v) is 6.23. The number of carbonyl (C=O) groups is 1. The minimum absolute atomic E-state index is 0.123. The van der Waals surface area contributed by atoms with Gasteiger partial charge in [-0.05, 0) is 43.7 Å². The molecule has 116 valence electrons. The maximum absolute atomic E-state index is 13.3. The molecule has 0 heterocycles. The molecule has 0 saturated heterocycles. The van der Waals surface area contributed by atoms with Crippen LogP contribution in [0.4, 0.5) is 8.78 Å². The van der Waals surface area contributed by atoms with Gasteiger partial charge in [-0.3, -0.25) is 4.79 Å². The molecule has 0 aliphatic heterocycles. The van der Waals surface area contributed by atoms with Crippen LogP contribution < -0.4 is 5.32 Å². The Morgan fingerprint density at radius 3 is 2.52 bits per heavy atom. The topological polar surface area (TPSA) is 49.3 Å². The zero-order chi connectivity index (χ0) is 15.6. The Hall–Kier alpha value is -1.20. The van der Waals surface area contributed by atoms with E-state index in [1.807, 2.05) is 0 Å². The van der Waals surface area contributed by atoms with Crippen LogP contribution in [-0.4, -0.2) is 23.2 Å². The molecule has 0 bridgehead atoms. The molecule has 1 aromatic rings. The van der Waals surface area contributed by atoms with Gasteiger partial charge in [0, 0.05) is 0 Å². The summed E-state index contributed by atoms with van der Waals surface area (Å²) in [5.74, 6) is -2.27. The van der Waals surface area contributed by atoms with E-state index in [4.69, 9.17) is 11.6 Å². The monoisotopic (exact) mass is 317 g/mol. The predicted molar refractivity (Wildman–Crippen MR) is 76.3 cm³/mol. The molecule has 1 saturated carbocycles. The molecule has 3 nitrogen and oxygen atoms in total. The Bertz CT molecular complexity index is 543. The molecular weight excluding hydrogens is 300 g/mol. The second-order valence-electron chi connectivity index (χ2n) is 5.82. The van der Waals surface area contributed by atoms with Gasteiger partial charge >= 0.3 is 0 Å². The summed E-state index contributed by atoms with van der Waals surface area (Å²) in [4.78, 5) is 12.2. The van der Waals surface area contributed by atoms with Crippen LogP contribution >= 0.6 is 11.6 Å². The predicted octanol–water partition coefficient (Wildman–Crippen LogP) is 3.29. The molecule has 0 unspecified atom stereocenters. The van der Waals surface area contributed by atoms with E-state index in [1.54, 1.807) is 0 Å². The molecular formula is C15H18ClF2NO2. The Balaban J connectivity index is 2.19. The molecule has 6 heteroatoms. The van der Waals surface area contributed by atoms with Crippen LogP contribution in [0.5, 0.6) is 0 Å². The summed E-state index contributed by atoms with van der Waals surface area (Å²) in [6, 6.07) is 1.56. The first kappa shape index (κ1) is 16.2. The Morgan fingerprint density at radius 1 is 1.38 bits per heavy atom. The smallest absolute Gasteiger partial charge is 0.253 e. The Morgan fingerprint density at radius 2 is 1.95 bits per heavy atom. The van der Waals surface area contributed by atoms with Crippen molar-refractivity contribution in [1.29, 1.82) is 0 Å². The van der Waals surface area contributed by atoms with E-state index in [2.05, 4.69) is 12.2 Å². The lowest BCUT2D eigenvalue weighted by Crippen LogP contribution is -2.53. The number of aliphatic hydroxyl groups is 1. The first-order valence-corrected chi connectivity index (χ1v) is 7.32. The lowest BCUT2D eigenvalue weighted by atomic mass is 9.77. The zero-order valence-electron chi connectivity index (χ0n) is 11.8. The van der Waals surface area contributed by atoms with Crippen molar-refractivity contribution in [3.05, 3.63) is 34.4 Å². The average Bonchev–Trinajstić information content (AvgIpc) is 2.45. The Labute approximate surface area is 127 Å². The first-order valence-electron chi connectivity index (χ1n) is 6.95. The van der Waals surface area contributed by atoms with Crippen molar-refractivity contribution >= 4 is 17.5 Å². The van der Waals surface area contributed by atoms with Gasteiger partial charge in [-0.15, -0.1) is 0 Å². The van der Waals surface area contributed by atoms with Gasteiger partial charge in [0.2, 0.25) is 0 Å². The molecule has 1 amide bonds. The van der Waals surface area contributed by atoms with Crippen LogP contribution in [0.25, 0.3) is 0 Å². The van der Waals surface area contributed by atoms with E-state index in [0.717, 1.165) is 25.0 Å². The largest absolute Gasteiger partial charge is 0.394 e. The molecule has 2 rings (SSSR count). The standard InChI is InChI=1S/C15H18ClF2NO2/c1-9-2-4-15(8-20,5-3-9)19-14(21)10-6-12(17)13(18)7-11(10)16/h6-7,9,20H,2-5,8H2,1H3,(H,19,21). The van der Waals surface area contributed by atoms with Crippen LogP contribution in [0.3, 0.4) is 0 Å². The van der Waals surface area contributed by atoms with Crippen LogP contribution in [0.2, 0.25) is 5.02 Å². The van der Waals surface area contributed by atoms with Crippen LogP contribution in [0.1, 0.15) is 43.0 Å².